The number of allylic oxidation sites excluding steroid dienone is 7. The molecule has 0 unspecified atom stereocenters. The third-order valence-electron chi connectivity index (χ3n) is 6.15. The Morgan fingerprint density at radius 1 is 0.941 bits per heavy atom. The Labute approximate surface area is 199 Å². The van der Waals surface area contributed by atoms with Gasteiger partial charge in [0, 0.05) is 18.2 Å². The molecule has 1 heterocycles. The lowest BCUT2D eigenvalue weighted by Gasteiger charge is -2.34. The van der Waals surface area contributed by atoms with Crippen LogP contribution in [0.5, 0.6) is 11.5 Å². The van der Waals surface area contributed by atoms with E-state index >= 15 is 0 Å². The summed E-state index contributed by atoms with van der Waals surface area (Å²) in [6, 6.07) is 2.29. The summed E-state index contributed by atoms with van der Waals surface area (Å²) < 4.78 is 5.85. The maximum Gasteiger partial charge on any atom is 0.208 e. The maximum atomic E-state index is 13.7. The summed E-state index contributed by atoms with van der Waals surface area (Å²) in [6.07, 6.45) is 9.15. The topological polar surface area (TPSA) is 108 Å². The third-order valence-corrected chi connectivity index (χ3v) is 6.15. The monoisotopic (exact) mass is 464 g/mol. The van der Waals surface area contributed by atoms with E-state index < -0.39 is 28.1 Å². The molecule has 0 fully saturated rings. The van der Waals surface area contributed by atoms with Gasteiger partial charge < -0.3 is 19.7 Å². The molecule has 3 N–H and O–H groups in total. The molecule has 0 aliphatic heterocycles. The summed E-state index contributed by atoms with van der Waals surface area (Å²) in [5.41, 5.74) is 1.40. The second-order valence-electron chi connectivity index (χ2n) is 9.51. The average Bonchev–Trinajstić information content (AvgIpc) is 2.72. The number of aromatic hydroxyl groups is 2. The van der Waals surface area contributed by atoms with Crippen molar-refractivity contribution >= 4 is 22.8 Å². The van der Waals surface area contributed by atoms with E-state index in [-0.39, 0.29) is 40.9 Å². The van der Waals surface area contributed by atoms with Gasteiger partial charge in [0.2, 0.25) is 11.2 Å². The first-order valence-electron chi connectivity index (χ1n) is 11.4. The van der Waals surface area contributed by atoms with Crippen molar-refractivity contribution in [3.63, 3.8) is 0 Å². The Kier molecular flexibility index (Phi) is 7.20. The number of hydrogen-bond acceptors (Lipinski definition) is 6. The number of phenols is 2. The highest BCUT2D eigenvalue weighted by molar-refractivity contribution is 6.08. The van der Waals surface area contributed by atoms with Gasteiger partial charge >= 0.3 is 0 Å². The Bertz CT molecular complexity index is 1310. The van der Waals surface area contributed by atoms with Crippen LogP contribution in [0.4, 0.5) is 0 Å². The lowest BCUT2D eigenvalue weighted by Crippen LogP contribution is -2.43. The zero-order chi connectivity index (χ0) is 25.2. The predicted octanol–water partition coefficient (Wildman–Crippen LogP) is 6.36. The molecule has 34 heavy (non-hydrogen) atoms. The summed E-state index contributed by atoms with van der Waals surface area (Å²) in [6.45, 7) is 9.86. The molecule has 1 aliphatic carbocycles. The second kappa shape index (κ2) is 9.75. The van der Waals surface area contributed by atoms with Gasteiger partial charge in [0.1, 0.15) is 28.2 Å². The largest absolute Gasteiger partial charge is 0.508 e. The van der Waals surface area contributed by atoms with Crippen molar-refractivity contribution in [2.45, 2.75) is 65.7 Å². The summed E-state index contributed by atoms with van der Waals surface area (Å²) in [5.74, 6) is -1.69. The minimum absolute atomic E-state index is 0.0239. The Balaban J connectivity index is 2.25. The predicted molar refractivity (Wildman–Crippen MR) is 134 cm³/mol. The van der Waals surface area contributed by atoms with Crippen LogP contribution in [0.1, 0.15) is 71.6 Å². The molecule has 0 bridgehead atoms. The van der Waals surface area contributed by atoms with Crippen LogP contribution in [0.3, 0.4) is 0 Å². The number of aliphatic hydroxyl groups is 1. The number of phenolic OH excluding ortho intramolecular Hbond substituents is 2. The Morgan fingerprint density at radius 3 is 2.24 bits per heavy atom. The van der Waals surface area contributed by atoms with E-state index in [1.54, 1.807) is 0 Å². The van der Waals surface area contributed by atoms with Crippen molar-refractivity contribution in [1.82, 2.24) is 0 Å². The average molecular weight is 465 g/mol. The number of carbonyl (C=O) groups is 1. The minimum atomic E-state index is -1.39. The fraction of sp³-hybridized carbons (Fsp3) is 0.357. The molecule has 6 nitrogen and oxygen atoms in total. The molecule has 180 valence electrons. The first kappa shape index (κ1) is 25.1. The van der Waals surface area contributed by atoms with Crippen LogP contribution in [0.2, 0.25) is 0 Å². The number of Topliss-reactive ketones (excluding diaryl/α,β-unsaturated/α-hetero) is 1. The maximum absolute atomic E-state index is 13.7. The van der Waals surface area contributed by atoms with E-state index in [9.17, 15) is 24.9 Å². The third kappa shape index (κ3) is 4.86. The van der Waals surface area contributed by atoms with Crippen molar-refractivity contribution < 1.29 is 24.5 Å². The number of hydrogen-bond donors (Lipinski definition) is 3. The van der Waals surface area contributed by atoms with Gasteiger partial charge in [-0.1, -0.05) is 34.9 Å². The van der Waals surface area contributed by atoms with Crippen molar-refractivity contribution in [2.24, 2.45) is 0 Å². The van der Waals surface area contributed by atoms with E-state index in [0.29, 0.717) is 0 Å². The normalized spacial score (nSPS) is 17.9. The van der Waals surface area contributed by atoms with Gasteiger partial charge in [0.25, 0.3) is 0 Å². The van der Waals surface area contributed by atoms with Crippen LogP contribution in [0, 0.1) is 0 Å². The highest BCUT2D eigenvalue weighted by atomic mass is 16.3. The van der Waals surface area contributed by atoms with Crippen molar-refractivity contribution in [3.8, 4) is 11.5 Å². The van der Waals surface area contributed by atoms with Crippen molar-refractivity contribution in [3.05, 3.63) is 74.4 Å². The summed E-state index contributed by atoms with van der Waals surface area (Å²) >= 11 is 0. The summed E-state index contributed by atoms with van der Waals surface area (Å²) in [5, 5.41) is 30.7. The van der Waals surface area contributed by atoms with Gasteiger partial charge in [0.15, 0.2) is 5.76 Å². The fourth-order valence-corrected chi connectivity index (χ4v) is 4.30. The van der Waals surface area contributed by atoms with Gasteiger partial charge in [-0.2, -0.15) is 0 Å². The molecule has 1 aromatic heterocycles. The number of ketones is 1. The van der Waals surface area contributed by atoms with Crippen LogP contribution in [-0.4, -0.2) is 21.1 Å². The van der Waals surface area contributed by atoms with Crippen LogP contribution >= 0.6 is 0 Å². The highest BCUT2D eigenvalue weighted by Crippen LogP contribution is 2.43. The number of carbonyl (C=O) groups excluding carboxylic acids is 1. The Morgan fingerprint density at radius 2 is 1.59 bits per heavy atom. The van der Waals surface area contributed by atoms with Gasteiger partial charge in [-0.15, -0.1) is 0 Å². The van der Waals surface area contributed by atoms with E-state index in [2.05, 4.69) is 6.08 Å². The second-order valence-corrected chi connectivity index (χ2v) is 9.51. The summed E-state index contributed by atoms with van der Waals surface area (Å²) in [4.78, 5) is 27.2. The molecule has 0 amide bonds. The molecular formula is C28H32O6. The zero-order valence-corrected chi connectivity index (χ0v) is 20.4. The SMILES string of the molecule is CC(C)=CCC/C(C)=C\C[C@@]1(CC=C(C)C)C(=O)C(O)=Cc2oc3cc(O)cc(O)c3c(=O)c21. The van der Waals surface area contributed by atoms with Crippen LogP contribution in [-0.2, 0) is 10.2 Å². The number of aliphatic hydroxyl groups excluding tert-OH is 1. The molecule has 0 spiro atoms. The minimum Gasteiger partial charge on any atom is -0.508 e. The first-order valence-corrected chi connectivity index (χ1v) is 11.4. The molecule has 0 radical (unpaired) electrons. The lowest BCUT2D eigenvalue weighted by atomic mass is 9.67. The first-order chi connectivity index (χ1) is 16.0. The fourth-order valence-electron chi connectivity index (χ4n) is 4.30. The molecule has 3 rings (SSSR count). The number of rotatable bonds is 7. The highest BCUT2D eigenvalue weighted by Gasteiger charge is 2.47. The molecule has 6 heteroatoms. The molecule has 1 aromatic carbocycles. The molecule has 2 aromatic rings. The molecule has 0 saturated heterocycles. The molecule has 1 aliphatic rings. The van der Waals surface area contributed by atoms with E-state index in [1.165, 1.54) is 11.6 Å². The van der Waals surface area contributed by atoms with Gasteiger partial charge in [-0.3, -0.25) is 9.59 Å². The zero-order valence-electron chi connectivity index (χ0n) is 20.4. The number of fused-ring (bicyclic) bond motifs is 2. The quantitative estimate of drug-likeness (QED) is 0.411. The lowest BCUT2D eigenvalue weighted by molar-refractivity contribution is -0.123. The van der Waals surface area contributed by atoms with Crippen LogP contribution < -0.4 is 5.43 Å². The molecular weight excluding hydrogens is 432 g/mol. The Hall–Kier alpha value is -3.54. The van der Waals surface area contributed by atoms with Crippen molar-refractivity contribution in [1.29, 1.82) is 0 Å². The van der Waals surface area contributed by atoms with Crippen LogP contribution in [0.25, 0.3) is 17.0 Å². The number of benzene rings is 1. The molecule has 1 atom stereocenters. The van der Waals surface area contributed by atoms with Gasteiger partial charge in [-0.05, 0) is 60.3 Å². The summed E-state index contributed by atoms with van der Waals surface area (Å²) in [7, 11) is 0. The van der Waals surface area contributed by atoms with Gasteiger partial charge in [-0.25, -0.2) is 0 Å². The van der Waals surface area contributed by atoms with E-state index in [0.717, 1.165) is 36.1 Å². The van der Waals surface area contributed by atoms with Crippen LogP contribution in [0.15, 0.2) is 62.1 Å². The van der Waals surface area contributed by atoms with E-state index in [1.807, 2.05) is 46.8 Å². The molecule has 0 saturated carbocycles. The van der Waals surface area contributed by atoms with Crippen molar-refractivity contribution in [2.75, 3.05) is 0 Å². The standard InChI is InChI=1S/C28H32O6/c1-16(2)7-6-8-18(5)10-12-28(11-9-17(3)4)25-23(15-21(31)27(28)33)34-22-14-19(29)13-20(30)24(22)26(25)32/h7,9-10,13-15,29-31H,6,8,11-12H2,1-5H3/b18-10-/t28-/m1/s1. The van der Waals surface area contributed by atoms with Gasteiger partial charge in [0.05, 0.1) is 11.0 Å². The smallest absolute Gasteiger partial charge is 0.208 e. The van der Waals surface area contributed by atoms with E-state index in [4.69, 9.17) is 4.42 Å².